The van der Waals surface area contributed by atoms with E-state index in [1.165, 1.54) is 11.3 Å². The maximum atomic E-state index is 13.3. The Kier molecular flexibility index (Phi) is 3.14. The van der Waals surface area contributed by atoms with E-state index in [2.05, 4.69) is 15.0 Å². The van der Waals surface area contributed by atoms with Crippen molar-refractivity contribution in [2.75, 3.05) is 0 Å². The maximum absolute atomic E-state index is 13.3. The second-order valence-electron chi connectivity index (χ2n) is 4.27. The summed E-state index contributed by atoms with van der Waals surface area (Å²) in [5.74, 6) is -1.56. The Balaban J connectivity index is 2.29. The Morgan fingerprint density at radius 3 is 2.40 bits per heavy atom. The first-order chi connectivity index (χ1) is 9.45. The summed E-state index contributed by atoms with van der Waals surface area (Å²) in [5, 5.41) is 1.25. The molecular formula is C13H8ClF2N3S. The first kappa shape index (κ1) is 13.3. The van der Waals surface area contributed by atoms with E-state index in [4.69, 9.17) is 11.6 Å². The number of nitrogens with zero attached hydrogens (tertiary/aromatic N) is 3. The highest BCUT2D eigenvalue weighted by Gasteiger charge is 2.15. The molecule has 102 valence electrons. The van der Waals surface area contributed by atoms with Crippen molar-refractivity contribution in [3.8, 4) is 10.7 Å². The van der Waals surface area contributed by atoms with E-state index < -0.39 is 11.6 Å². The van der Waals surface area contributed by atoms with E-state index in [0.717, 1.165) is 27.7 Å². The molecule has 0 aliphatic carbocycles. The van der Waals surface area contributed by atoms with Gasteiger partial charge in [-0.2, -0.15) is 0 Å². The zero-order valence-electron chi connectivity index (χ0n) is 10.5. The maximum Gasteiger partial charge on any atom is 0.173 e. The molecule has 0 radical (unpaired) electrons. The quantitative estimate of drug-likeness (QED) is 0.629. The highest BCUT2D eigenvalue weighted by Crippen LogP contribution is 2.31. The SMILES string of the molecule is Cc1nc(C)c(-c2nc(Cl)c3cc(F)c(F)cc3n2)s1. The lowest BCUT2D eigenvalue weighted by Gasteiger charge is -2.04. The average molecular weight is 312 g/mol. The van der Waals surface area contributed by atoms with Crippen molar-refractivity contribution in [2.24, 2.45) is 0 Å². The molecule has 0 spiro atoms. The summed E-state index contributed by atoms with van der Waals surface area (Å²) in [7, 11) is 0. The van der Waals surface area contributed by atoms with Crippen molar-refractivity contribution in [1.82, 2.24) is 15.0 Å². The second kappa shape index (κ2) is 4.71. The molecule has 0 fully saturated rings. The molecule has 1 aromatic carbocycles. The number of rotatable bonds is 1. The number of halogens is 3. The number of thiazole rings is 1. The van der Waals surface area contributed by atoms with Crippen LogP contribution in [-0.2, 0) is 0 Å². The molecule has 3 nitrogen and oxygen atoms in total. The molecule has 0 bridgehead atoms. The lowest BCUT2D eigenvalue weighted by Crippen LogP contribution is -1.94. The highest BCUT2D eigenvalue weighted by atomic mass is 35.5. The molecule has 0 saturated carbocycles. The van der Waals surface area contributed by atoms with Gasteiger partial charge in [-0.1, -0.05) is 11.6 Å². The standard InChI is InChI=1S/C13H8ClF2N3S/c1-5-11(20-6(2)17-5)13-18-10-4-9(16)8(15)3-7(10)12(14)19-13/h3-4H,1-2H3. The van der Waals surface area contributed by atoms with Gasteiger partial charge in [0, 0.05) is 11.5 Å². The minimum absolute atomic E-state index is 0.0920. The largest absolute Gasteiger partial charge is 0.246 e. The highest BCUT2D eigenvalue weighted by molar-refractivity contribution is 7.15. The topological polar surface area (TPSA) is 38.7 Å². The fraction of sp³-hybridized carbons (Fsp3) is 0.154. The zero-order valence-corrected chi connectivity index (χ0v) is 12.1. The number of hydrogen-bond donors (Lipinski definition) is 0. The summed E-state index contributed by atoms with van der Waals surface area (Å²) < 4.78 is 26.5. The van der Waals surface area contributed by atoms with Gasteiger partial charge in [-0.15, -0.1) is 11.3 Å². The van der Waals surface area contributed by atoms with E-state index in [1.54, 1.807) is 0 Å². The summed E-state index contributed by atoms with van der Waals surface area (Å²) in [5.41, 5.74) is 1.05. The fourth-order valence-electron chi connectivity index (χ4n) is 1.93. The van der Waals surface area contributed by atoms with Crippen molar-refractivity contribution < 1.29 is 8.78 Å². The fourth-order valence-corrected chi connectivity index (χ4v) is 3.01. The lowest BCUT2D eigenvalue weighted by molar-refractivity contribution is 0.510. The van der Waals surface area contributed by atoms with Gasteiger partial charge in [-0.3, -0.25) is 0 Å². The van der Waals surface area contributed by atoms with Crippen molar-refractivity contribution in [3.05, 3.63) is 39.6 Å². The molecule has 0 amide bonds. The predicted molar refractivity (Wildman–Crippen MR) is 75.0 cm³/mol. The molecule has 0 aliphatic rings. The molecule has 2 aromatic heterocycles. The van der Waals surface area contributed by atoms with Crippen LogP contribution in [0.1, 0.15) is 10.7 Å². The molecule has 3 rings (SSSR count). The van der Waals surface area contributed by atoms with Gasteiger partial charge >= 0.3 is 0 Å². The number of aryl methyl sites for hydroxylation is 2. The number of aromatic nitrogens is 3. The van der Waals surface area contributed by atoms with Crippen LogP contribution >= 0.6 is 22.9 Å². The number of fused-ring (bicyclic) bond motifs is 1. The monoisotopic (exact) mass is 311 g/mol. The Morgan fingerprint density at radius 1 is 1.05 bits per heavy atom. The average Bonchev–Trinajstić information content (AvgIpc) is 2.71. The zero-order chi connectivity index (χ0) is 14.4. The van der Waals surface area contributed by atoms with Crippen molar-refractivity contribution in [3.63, 3.8) is 0 Å². The van der Waals surface area contributed by atoms with Gasteiger partial charge in [0.2, 0.25) is 0 Å². The van der Waals surface area contributed by atoms with Gasteiger partial charge in [-0.25, -0.2) is 23.7 Å². The van der Waals surface area contributed by atoms with Crippen LogP contribution in [0.15, 0.2) is 12.1 Å². The van der Waals surface area contributed by atoms with Gasteiger partial charge < -0.3 is 0 Å². The molecule has 0 saturated heterocycles. The second-order valence-corrected chi connectivity index (χ2v) is 5.83. The van der Waals surface area contributed by atoms with Crippen molar-refractivity contribution >= 4 is 33.8 Å². The van der Waals surface area contributed by atoms with Gasteiger partial charge in [-0.05, 0) is 19.9 Å². The van der Waals surface area contributed by atoms with Crippen LogP contribution in [0.3, 0.4) is 0 Å². The molecule has 2 heterocycles. The minimum atomic E-state index is -0.972. The summed E-state index contributed by atoms with van der Waals surface area (Å²) in [6.45, 7) is 3.71. The third-order valence-electron chi connectivity index (χ3n) is 2.80. The van der Waals surface area contributed by atoms with Crippen LogP contribution in [0.4, 0.5) is 8.78 Å². The minimum Gasteiger partial charge on any atom is -0.246 e. The molecular weight excluding hydrogens is 304 g/mol. The number of hydrogen-bond acceptors (Lipinski definition) is 4. The Morgan fingerprint density at radius 2 is 1.75 bits per heavy atom. The van der Waals surface area contributed by atoms with E-state index in [-0.39, 0.29) is 16.1 Å². The molecule has 0 aliphatic heterocycles. The lowest BCUT2D eigenvalue weighted by atomic mass is 10.2. The van der Waals surface area contributed by atoms with Crippen LogP contribution in [0, 0.1) is 25.5 Å². The summed E-state index contributed by atoms with van der Waals surface area (Å²) in [6.07, 6.45) is 0. The van der Waals surface area contributed by atoms with Crippen LogP contribution in [-0.4, -0.2) is 15.0 Å². The van der Waals surface area contributed by atoms with E-state index >= 15 is 0 Å². The molecule has 0 unspecified atom stereocenters. The van der Waals surface area contributed by atoms with Crippen LogP contribution in [0.5, 0.6) is 0 Å². The Bertz CT molecular complexity index is 832. The third-order valence-corrected chi connectivity index (χ3v) is 4.15. The summed E-state index contributed by atoms with van der Waals surface area (Å²) >= 11 is 7.47. The van der Waals surface area contributed by atoms with Crippen molar-refractivity contribution in [2.45, 2.75) is 13.8 Å². The van der Waals surface area contributed by atoms with Gasteiger partial charge in [0.15, 0.2) is 17.5 Å². The van der Waals surface area contributed by atoms with Crippen LogP contribution in [0.2, 0.25) is 5.15 Å². The summed E-state index contributed by atoms with van der Waals surface area (Å²) in [4.78, 5) is 13.5. The smallest absolute Gasteiger partial charge is 0.173 e. The first-order valence-electron chi connectivity index (χ1n) is 5.72. The molecule has 7 heteroatoms. The van der Waals surface area contributed by atoms with Gasteiger partial charge in [0.05, 0.1) is 21.1 Å². The normalized spacial score (nSPS) is 11.2. The van der Waals surface area contributed by atoms with E-state index in [9.17, 15) is 8.78 Å². The van der Waals surface area contributed by atoms with Crippen LogP contribution in [0.25, 0.3) is 21.6 Å². The van der Waals surface area contributed by atoms with Gasteiger partial charge in [0.25, 0.3) is 0 Å². The predicted octanol–water partition coefficient (Wildman–Crippen LogP) is 4.30. The van der Waals surface area contributed by atoms with E-state index in [0.29, 0.717) is 5.82 Å². The molecule has 20 heavy (non-hydrogen) atoms. The molecule has 0 N–H and O–H groups in total. The van der Waals surface area contributed by atoms with Crippen LogP contribution < -0.4 is 0 Å². The molecule has 3 aromatic rings. The Hall–Kier alpha value is -1.66. The number of benzene rings is 1. The summed E-state index contributed by atoms with van der Waals surface area (Å²) in [6, 6.07) is 2.02. The first-order valence-corrected chi connectivity index (χ1v) is 6.92. The van der Waals surface area contributed by atoms with Crippen molar-refractivity contribution in [1.29, 1.82) is 0 Å². The molecule has 0 atom stereocenters. The van der Waals surface area contributed by atoms with Gasteiger partial charge in [0.1, 0.15) is 5.15 Å². The Labute approximate surface area is 122 Å². The third kappa shape index (κ3) is 2.14. The van der Waals surface area contributed by atoms with E-state index in [1.807, 2.05) is 13.8 Å².